The third-order valence-electron chi connectivity index (χ3n) is 4.54. The molecule has 0 amide bonds. The van der Waals surface area contributed by atoms with E-state index in [1.165, 1.54) is 18.6 Å². The molecule has 2 aromatic rings. The van der Waals surface area contributed by atoms with Crippen LogP contribution in [0.4, 0.5) is 11.6 Å². The second kappa shape index (κ2) is 7.61. The van der Waals surface area contributed by atoms with Gasteiger partial charge in [-0.15, -0.1) is 0 Å². The first kappa shape index (κ1) is 16.7. The topological polar surface area (TPSA) is 76.1 Å². The first-order valence-electron chi connectivity index (χ1n) is 8.61. The number of hydrogen-bond donors (Lipinski definition) is 1. The fourth-order valence-corrected chi connectivity index (χ4v) is 3.36. The maximum absolute atomic E-state index is 5.80. The average Bonchev–Trinajstić information content (AvgIpc) is 3.03. The Labute approximate surface area is 143 Å². The van der Waals surface area contributed by atoms with Gasteiger partial charge in [0.25, 0.3) is 0 Å². The van der Waals surface area contributed by atoms with Crippen molar-refractivity contribution in [1.29, 1.82) is 0 Å². The highest BCUT2D eigenvalue weighted by molar-refractivity contribution is 5.46. The summed E-state index contributed by atoms with van der Waals surface area (Å²) in [5.74, 6) is 3.06. The molecule has 130 valence electrons. The quantitative estimate of drug-likeness (QED) is 0.867. The van der Waals surface area contributed by atoms with E-state index in [0.717, 1.165) is 44.8 Å². The molecule has 1 unspecified atom stereocenters. The third kappa shape index (κ3) is 4.03. The predicted octanol–water partition coefficient (Wildman–Crippen LogP) is 1.59. The second-order valence-corrected chi connectivity index (χ2v) is 6.72. The van der Waals surface area contributed by atoms with Crippen molar-refractivity contribution in [2.24, 2.45) is 0 Å². The van der Waals surface area contributed by atoms with Crippen molar-refractivity contribution in [3.05, 3.63) is 30.6 Å². The molecule has 0 saturated carbocycles. The van der Waals surface area contributed by atoms with Gasteiger partial charge in [-0.2, -0.15) is 0 Å². The van der Waals surface area contributed by atoms with Crippen molar-refractivity contribution >= 4 is 11.6 Å². The van der Waals surface area contributed by atoms with Crippen LogP contribution in [0.3, 0.4) is 0 Å². The minimum absolute atomic E-state index is 0.435. The fourth-order valence-electron chi connectivity index (χ4n) is 3.36. The molecule has 0 aromatic carbocycles. The van der Waals surface area contributed by atoms with Gasteiger partial charge in [0.2, 0.25) is 0 Å². The Bertz CT molecular complexity index is 652. The zero-order valence-corrected chi connectivity index (χ0v) is 14.6. The van der Waals surface area contributed by atoms with Gasteiger partial charge in [-0.3, -0.25) is 0 Å². The number of aryl methyl sites for hydroxylation is 1. The van der Waals surface area contributed by atoms with Gasteiger partial charge in [0.05, 0.1) is 0 Å². The summed E-state index contributed by atoms with van der Waals surface area (Å²) < 4.78 is 2.31. The van der Waals surface area contributed by atoms with Crippen LogP contribution >= 0.6 is 0 Å². The van der Waals surface area contributed by atoms with Gasteiger partial charge in [-0.25, -0.2) is 15.0 Å². The number of nitrogens with zero attached hydrogens (tertiary/aromatic N) is 6. The molecule has 1 fully saturated rings. The van der Waals surface area contributed by atoms with Gasteiger partial charge in [-0.1, -0.05) is 0 Å². The van der Waals surface area contributed by atoms with E-state index >= 15 is 0 Å². The van der Waals surface area contributed by atoms with Crippen molar-refractivity contribution in [3.63, 3.8) is 0 Å². The molecule has 1 aliphatic rings. The number of imidazole rings is 1. The summed E-state index contributed by atoms with van der Waals surface area (Å²) in [6, 6.07) is 1.85. The maximum atomic E-state index is 5.80. The molecule has 2 aromatic heterocycles. The molecule has 7 heteroatoms. The molecule has 0 spiro atoms. The van der Waals surface area contributed by atoms with Crippen molar-refractivity contribution in [2.75, 3.05) is 44.4 Å². The Balaban J connectivity index is 1.68. The molecule has 3 heterocycles. The molecular formula is C17H27N7. The van der Waals surface area contributed by atoms with Crippen LogP contribution in [0.1, 0.15) is 31.0 Å². The lowest BCUT2D eigenvalue weighted by Crippen LogP contribution is -2.36. The molecule has 1 aliphatic heterocycles. The minimum Gasteiger partial charge on any atom is -0.384 e. The Morgan fingerprint density at radius 2 is 2.17 bits per heavy atom. The number of nitrogen functional groups attached to an aromatic ring is 1. The SMILES string of the molecule is CN(C)CCCn1ccnc1C1CCCN(c2cc(N)ncn2)C1. The van der Waals surface area contributed by atoms with Crippen LogP contribution in [-0.2, 0) is 6.54 Å². The number of nitrogens with two attached hydrogens (primary N) is 1. The van der Waals surface area contributed by atoms with Gasteiger partial charge in [0, 0.05) is 44.0 Å². The second-order valence-electron chi connectivity index (χ2n) is 6.72. The molecule has 0 radical (unpaired) electrons. The predicted molar refractivity (Wildman–Crippen MR) is 96.0 cm³/mol. The van der Waals surface area contributed by atoms with Crippen LogP contribution in [0.2, 0.25) is 0 Å². The van der Waals surface area contributed by atoms with Crippen LogP contribution in [-0.4, -0.2) is 58.1 Å². The monoisotopic (exact) mass is 329 g/mol. The van der Waals surface area contributed by atoms with Gasteiger partial charge >= 0.3 is 0 Å². The van der Waals surface area contributed by atoms with E-state index in [2.05, 4.69) is 49.6 Å². The highest BCUT2D eigenvalue weighted by Gasteiger charge is 2.25. The number of piperidine rings is 1. The van der Waals surface area contributed by atoms with Crippen molar-refractivity contribution < 1.29 is 0 Å². The van der Waals surface area contributed by atoms with E-state index in [-0.39, 0.29) is 0 Å². The van der Waals surface area contributed by atoms with Crippen LogP contribution in [0.5, 0.6) is 0 Å². The van der Waals surface area contributed by atoms with E-state index < -0.39 is 0 Å². The van der Waals surface area contributed by atoms with Crippen LogP contribution < -0.4 is 10.6 Å². The lowest BCUT2D eigenvalue weighted by atomic mass is 9.97. The molecule has 1 saturated heterocycles. The van der Waals surface area contributed by atoms with E-state index in [1.807, 2.05) is 12.3 Å². The van der Waals surface area contributed by atoms with Crippen LogP contribution in [0.25, 0.3) is 0 Å². The van der Waals surface area contributed by atoms with E-state index in [9.17, 15) is 0 Å². The summed E-state index contributed by atoms with van der Waals surface area (Å²) >= 11 is 0. The highest BCUT2D eigenvalue weighted by Crippen LogP contribution is 2.28. The molecule has 24 heavy (non-hydrogen) atoms. The number of rotatable bonds is 6. The fraction of sp³-hybridized carbons (Fsp3) is 0.588. The number of anilines is 2. The van der Waals surface area contributed by atoms with Crippen molar-refractivity contribution in [3.8, 4) is 0 Å². The molecule has 3 rings (SSSR count). The molecule has 0 bridgehead atoms. The minimum atomic E-state index is 0.435. The zero-order valence-electron chi connectivity index (χ0n) is 14.6. The molecular weight excluding hydrogens is 302 g/mol. The average molecular weight is 329 g/mol. The third-order valence-corrected chi connectivity index (χ3v) is 4.54. The van der Waals surface area contributed by atoms with Crippen LogP contribution in [0, 0.1) is 0 Å². The molecule has 1 atom stereocenters. The maximum Gasteiger partial charge on any atom is 0.134 e. The van der Waals surface area contributed by atoms with Crippen LogP contribution in [0.15, 0.2) is 24.8 Å². The summed E-state index contributed by atoms with van der Waals surface area (Å²) in [6.07, 6.45) is 9.01. The van der Waals surface area contributed by atoms with E-state index in [4.69, 9.17) is 5.73 Å². The van der Waals surface area contributed by atoms with Gasteiger partial charge in [0.1, 0.15) is 23.8 Å². The molecule has 0 aliphatic carbocycles. The Morgan fingerprint density at radius 1 is 1.29 bits per heavy atom. The summed E-state index contributed by atoms with van der Waals surface area (Å²) in [7, 11) is 4.22. The zero-order chi connectivity index (χ0) is 16.9. The van der Waals surface area contributed by atoms with E-state index in [0.29, 0.717) is 11.7 Å². The van der Waals surface area contributed by atoms with Gasteiger partial charge < -0.3 is 20.1 Å². The molecule has 2 N–H and O–H groups in total. The van der Waals surface area contributed by atoms with Crippen molar-refractivity contribution in [1.82, 2.24) is 24.4 Å². The Hall–Kier alpha value is -2.15. The standard InChI is InChI=1S/C17H27N7/c1-22(2)7-4-9-23-10-6-19-17(23)14-5-3-8-24(12-14)16-11-15(18)20-13-21-16/h6,10-11,13-14H,3-5,7-9,12H2,1-2H3,(H2,18,20,21). The lowest BCUT2D eigenvalue weighted by molar-refractivity contribution is 0.380. The highest BCUT2D eigenvalue weighted by atomic mass is 15.2. The van der Waals surface area contributed by atoms with Gasteiger partial charge in [0.15, 0.2) is 0 Å². The number of aromatic nitrogens is 4. The molecule has 7 nitrogen and oxygen atoms in total. The van der Waals surface area contributed by atoms with Gasteiger partial charge in [-0.05, 0) is 39.9 Å². The first-order chi connectivity index (χ1) is 11.6. The van der Waals surface area contributed by atoms with E-state index in [1.54, 1.807) is 0 Å². The Morgan fingerprint density at radius 3 is 2.96 bits per heavy atom. The summed E-state index contributed by atoms with van der Waals surface area (Å²) in [4.78, 5) is 17.5. The smallest absolute Gasteiger partial charge is 0.134 e. The largest absolute Gasteiger partial charge is 0.384 e. The normalized spacial score (nSPS) is 18.3. The Kier molecular flexibility index (Phi) is 5.30. The lowest BCUT2D eigenvalue weighted by Gasteiger charge is -2.33. The summed E-state index contributed by atoms with van der Waals surface area (Å²) in [6.45, 7) is 4.05. The first-order valence-corrected chi connectivity index (χ1v) is 8.61. The summed E-state index contributed by atoms with van der Waals surface area (Å²) in [5, 5.41) is 0. The van der Waals surface area contributed by atoms with Crippen molar-refractivity contribution in [2.45, 2.75) is 31.7 Å². The summed E-state index contributed by atoms with van der Waals surface area (Å²) in [5.41, 5.74) is 5.80. The number of hydrogen-bond acceptors (Lipinski definition) is 6.